The lowest BCUT2D eigenvalue weighted by Crippen LogP contribution is -2.39. The fourth-order valence-electron chi connectivity index (χ4n) is 5.12. The Balaban J connectivity index is 1.56. The Morgan fingerprint density at radius 1 is 0.900 bits per heavy atom. The van der Waals surface area contributed by atoms with E-state index in [4.69, 9.17) is 13.7 Å². The minimum atomic E-state index is -3.86. The Morgan fingerprint density at radius 2 is 1.40 bits per heavy atom. The fourth-order valence-corrected chi connectivity index (χ4v) is 5.77. The average molecular weight is 563 g/mol. The first-order valence-electron chi connectivity index (χ1n) is 12.8. The van der Waals surface area contributed by atoms with Crippen LogP contribution in [0.4, 0.5) is 0 Å². The quantitative estimate of drug-likeness (QED) is 0.245. The average Bonchev–Trinajstić information content (AvgIpc) is 3.33. The molecule has 0 bridgehead atoms. The van der Waals surface area contributed by atoms with Gasteiger partial charge in [-0.05, 0) is 23.6 Å². The molecule has 0 amide bonds. The third kappa shape index (κ3) is 5.71. The molecule has 1 aromatic heterocycles. The highest BCUT2D eigenvalue weighted by atomic mass is 32.2. The summed E-state index contributed by atoms with van der Waals surface area (Å²) in [4.78, 5) is 26.8. The van der Waals surface area contributed by atoms with E-state index in [9.17, 15) is 18.0 Å². The molecule has 1 aliphatic rings. The number of hydrogen-bond donors (Lipinski definition) is 1. The third-order valence-corrected chi connectivity index (χ3v) is 7.54. The lowest BCUT2D eigenvalue weighted by Gasteiger charge is -2.37. The lowest BCUT2D eigenvalue weighted by atomic mass is 9.80. The molecular weight excluding hydrogens is 532 g/mol. The van der Waals surface area contributed by atoms with Crippen LogP contribution in [0.1, 0.15) is 34.9 Å². The third-order valence-electron chi connectivity index (χ3n) is 6.94. The number of nitrogens with zero attached hydrogens (tertiary/aromatic N) is 1. The molecule has 40 heavy (non-hydrogen) atoms. The van der Waals surface area contributed by atoms with E-state index in [1.54, 1.807) is 6.92 Å². The zero-order valence-corrected chi connectivity index (χ0v) is 22.9. The van der Waals surface area contributed by atoms with Gasteiger partial charge in [0.25, 0.3) is 15.7 Å². The normalized spacial score (nSPS) is 19.5. The van der Waals surface area contributed by atoms with Crippen LogP contribution in [0.5, 0.6) is 0 Å². The van der Waals surface area contributed by atoms with Gasteiger partial charge in [-0.1, -0.05) is 91.0 Å². The zero-order chi connectivity index (χ0) is 28.3. The van der Waals surface area contributed by atoms with Gasteiger partial charge in [-0.15, -0.1) is 0 Å². The summed E-state index contributed by atoms with van der Waals surface area (Å²) in [6.07, 6.45) is -0.232. The molecule has 9 nitrogen and oxygen atoms in total. The van der Waals surface area contributed by atoms with Crippen LogP contribution < -0.4 is 11.2 Å². The Hall–Kier alpha value is -3.83. The van der Waals surface area contributed by atoms with Crippen LogP contribution >= 0.6 is 0 Å². The molecule has 1 N–H and O–H groups in total. The van der Waals surface area contributed by atoms with Crippen molar-refractivity contribution >= 4 is 10.1 Å². The molecule has 1 saturated heterocycles. The molecular formula is C30H30N2O7S. The maximum absolute atomic E-state index is 12.6. The van der Waals surface area contributed by atoms with Crippen molar-refractivity contribution in [3.05, 3.63) is 140 Å². The SMILES string of the molecule is Cc1cn([C@H]2C[C@@H](OS(C)(=O)=O)[C@@H](COC(c3ccccc3)(c3ccccc3)c3ccccc3)O2)c(=O)[nH]c1=O. The summed E-state index contributed by atoms with van der Waals surface area (Å²) in [6, 6.07) is 29.2. The number of hydrogen-bond acceptors (Lipinski definition) is 7. The van der Waals surface area contributed by atoms with Gasteiger partial charge >= 0.3 is 5.69 Å². The number of aromatic amines is 1. The maximum Gasteiger partial charge on any atom is 0.330 e. The molecule has 3 aromatic carbocycles. The summed E-state index contributed by atoms with van der Waals surface area (Å²) in [5.41, 5.74) is 0.709. The Kier molecular flexibility index (Phi) is 7.86. The molecule has 4 aromatic rings. The zero-order valence-electron chi connectivity index (χ0n) is 22.1. The van der Waals surface area contributed by atoms with Gasteiger partial charge in [0.05, 0.1) is 12.9 Å². The first kappa shape index (κ1) is 27.7. The van der Waals surface area contributed by atoms with Crippen molar-refractivity contribution in [1.29, 1.82) is 0 Å². The van der Waals surface area contributed by atoms with Gasteiger partial charge in [0.1, 0.15) is 24.0 Å². The standard InChI is InChI=1S/C30H30N2O7S/c1-21-19-32(29(34)31-28(21)33)27-18-25(39-40(2,35)36)26(38-27)20-37-30(22-12-6-3-7-13-22,23-14-8-4-9-15-23)24-16-10-5-11-17-24/h3-17,19,25-27H,18,20H2,1-2H3,(H,31,33,34)/t25-,26-,27-/m1/s1. The molecule has 208 valence electrons. The Bertz CT molecular complexity index is 1570. The van der Waals surface area contributed by atoms with Crippen molar-refractivity contribution in [2.45, 2.75) is 37.4 Å². The van der Waals surface area contributed by atoms with E-state index in [-0.39, 0.29) is 13.0 Å². The van der Waals surface area contributed by atoms with Crippen molar-refractivity contribution in [2.75, 3.05) is 12.9 Å². The fraction of sp³-hybridized carbons (Fsp3) is 0.267. The van der Waals surface area contributed by atoms with Crippen LogP contribution in [0, 0.1) is 6.92 Å². The predicted molar refractivity (Wildman–Crippen MR) is 149 cm³/mol. The second kappa shape index (κ2) is 11.3. The molecule has 0 saturated carbocycles. The summed E-state index contributed by atoms with van der Waals surface area (Å²) in [7, 11) is -3.86. The lowest BCUT2D eigenvalue weighted by molar-refractivity contribution is -0.0910. The van der Waals surface area contributed by atoms with E-state index in [0.29, 0.717) is 5.56 Å². The number of ether oxygens (including phenoxy) is 2. The van der Waals surface area contributed by atoms with Gasteiger partial charge in [-0.2, -0.15) is 8.42 Å². The molecule has 0 spiro atoms. The summed E-state index contributed by atoms with van der Waals surface area (Å²) in [6.45, 7) is 1.51. The first-order valence-corrected chi connectivity index (χ1v) is 14.7. The highest BCUT2D eigenvalue weighted by molar-refractivity contribution is 7.86. The summed E-state index contributed by atoms with van der Waals surface area (Å²) in [5.74, 6) is 0. The molecule has 0 unspecified atom stereocenters. The van der Waals surface area contributed by atoms with Crippen LogP contribution in [0.2, 0.25) is 0 Å². The summed E-state index contributed by atoms with van der Waals surface area (Å²) < 4.78 is 44.0. The van der Waals surface area contributed by atoms with E-state index in [1.165, 1.54) is 10.8 Å². The maximum atomic E-state index is 12.6. The van der Waals surface area contributed by atoms with E-state index in [1.807, 2.05) is 91.0 Å². The van der Waals surface area contributed by atoms with E-state index in [2.05, 4.69) is 4.98 Å². The van der Waals surface area contributed by atoms with Crippen LogP contribution in [0.15, 0.2) is 107 Å². The topological polar surface area (TPSA) is 117 Å². The van der Waals surface area contributed by atoms with Crippen molar-refractivity contribution in [2.24, 2.45) is 0 Å². The second-order valence-electron chi connectivity index (χ2n) is 9.77. The van der Waals surface area contributed by atoms with Crippen LogP contribution in [0.25, 0.3) is 0 Å². The molecule has 5 rings (SSSR count). The Morgan fingerprint density at radius 3 is 1.88 bits per heavy atom. The van der Waals surface area contributed by atoms with E-state index in [0.717, 1.165) is 22.9 Å². The first-order chi connectivity index (χ1) is 19.2. The molecule has 2 heterocycles. The van der Waals surface area contributed by atoms with Gasteiger partial charge in [0.15, 0.2) is 0 Å². The summed E-state index contributed by atoms with van der Waals surface area (Å²) >= 11 is 0. The van der Waals surface area contributed by atoms with Crippen molar-refractivity contribution in [3.63, 3.8) is 0 Å². The van der Waals surface area contributed by atoms with Crippen LogP contribution in [-0.4, -0.2) is 43.0 Å². The predicted octanol–water partition coefficient (Wildman–Crippen LogP) is 3.49. The van der Waals surface area contributed by atoms with Gasteiger partial charge in [-0.25, -0.2) is 4.79 Å². The van der Waals surface area contributed by atoms with Crippen molar-refractivity contribution in [3.8, 4) is 0 Å². The van der Waals surface area contributed by atoms with E-state index < -0.39 is 45.4 Å². The minimum Gasteiger partial charge on any atom is -0.358 e. The largest absolute Gasteiger partial charge is 0.358 e. The second-order valence-corrected chi connectivity index (χ2v) is 11.4. The highest BCUT2D eigenvalue weighted by Crippen LogP contribution is 2.42. The highest BCUT2D eigenvalue weighted by Gasteiger charge is 2.44. The van der Waals surface area contributed by atoms with Gasteiger partial charge in [0.2, 0.25) is 0 Å². The number of nitrogens with one attached hydrogen (secondary N) is 1. The molecule has 0 aliphatic carbocycles. The summed E-state index contributed by atoms with van der Waals surface area (Å²) in [5, 5.41) is 0. The van der Waals surface area contributed by atoms with Gasteiger partial charge in [0, 0.05) is 18.2 Å². The Labute approximate surface area is 232 Å². The number of rotatable bonds is 9. The smallest absolute Gasteiger partial charge is 0.330 e. The molecule has 3 atom stereocenters. The number of aryl methyl sites for hydroxylation is 1. The number of benzene rings is 3. The molecule has 1 fully saturated rings. The molecule has 10 heteroatoms. The number of H-pyrrole nitrogens is 1. The minimum absolute atomic E-state index is 0.0570. The molecule has 0 radical (unpaired) electrons. The number of aromatic nitrogens is 2. The van der Waals surface area contributed by atoms with Gasteiger partial charge < -0.3 is 9.47 Å². The van der Waals surface area contributed by atoms with Crippen LogP contribution in [0.3, 0.4) is 0 Å². The van der Waals surface area contributed by atoms with Crippen molar-refractivity contribution < 1.29 is 22.1 Å². The van der Waals surface area contributed by atoms with Gasteiger partial charge in [-0.3, -0.25) is 18.5 Å². The van der Waals surface area contributed by atoms with E-state index >= 15 is 0 Å². The molecule has 1 aliphatic heterocycles. The van der Waals surface area contributed by atoms with Crippen molar-refractivity contribution in [1.82, 2.24) is 9.55 Å². The monoisotopic (exact) mass is 562 g/mol. The van der Waals surface area contributed by atoms with Crippen LogP contribution in [-0.2, 0) is 29.4 Å².